The summed E-state index contributed by atoms with van der Waals surface area (Å²) in [5.74, 6) is 10.6. The van der Waals surface area contributed by atoms with Gasteiger partial charge in [0.2, 0.25) is 11.1 Å². The molecule has 0 bridgehead atoms. The Hall–Kier alpha value is -5.20. The summed E-state index contributed by atoms with van der Waals surface area (Å²) in [4.78, 5) is 20.8. The first-order valence-corrected chi connectivity index (χ1v) is 32.4. The van der Waals surface area contributed by atoms with Crippen molar-refractivity contribution in [3.05, 3.63) is 120 Å². The Morgan fingerprint density at radius 1 is 0.632 bits per heavy atom. The molecule has 2 aliphatic heterocycles. The van der Waals surface area contributed by atoms with Gasteiger partial charge >= 0.3 is 14.8 Å². The molecule has 4 saturated carbocycles. The van der Waals surface area contributed by atoms with E-state index < -0.39 is 5.24 Å². The second kappa shape index (κ2) is 39.7. The second-order valence-electron chi connectivity index (χ2n) is 25.0. The lowest BCUT2D eigenvalue weighted by molar-refractivity contribution is -0.112. The summed E-state index contributed by atoms with van der Waals surface area (Å²) >= 11 is 8.01. The summed E-state index contributed by atoms with van der Waals surface area (Å²) in [6, 6.07) is 16.8. The third-order valence-electron chi connectivity index (χ3n) is 17.3. The minimum absolute atomic E-state index is 0.165. The van der Waals surface area contributed by atoms with Crippen LogP contribution in [0, 0.1) is 36.0 Å². The standard InChI is InChI=1S/C18H23NO2.C15H21NO.C14H25BO2.C8H12.C7H8BrNO.C6H12BO2.C3H3ClO/c1-3-18(20)19-16-11-12-17(21-2)15(13-16)10-6-9-14-7-4-5-8-14;1-17-15-10-9-14(16)11-13(15)8-4-7-12-5-2-3-6-12;1-13(2)14(3,4)17-15(16-13)11-7-10-12-8-5-6-9-12;1-2-5-8-6-3-4-7-8;1-10-7-3-2-5(9)4-6(7)8;1-5(2)6(3,4)9-7-8-5;1-2-3(4)5/h3,6,10-14H,1,4-5,7-9H2,2H3,(H,19,20);4,8-12H,2-3,5-7,16H2,1H3;7,11-12H,5-6,8-10H2,1-4H3;1,8H,3-7H2;2-4H,9H2,1H3;1-4H3;2H,1H2/b10-6+;8-4+;11-7+;;;;. The minimum Gasteiger partial charge on any atom is -0.496 e. The molecule has 5 N–H and O–H groups in total. The van der Waals surface area contributed by atoms with Gasteiger partial charge in [0.25, 0.3) is 0 Å². The van der Waals surface area contributed by atoms with E-state index in [1.807, 2.05) is 70.2 Å². The monoisotopic (exact) mass is 1280 g/mol. The van der Waals surface area contributed by atoms with Crippen LogP contribution in [-0.2, 0) is 28.2 Å². The van der Waals surface area contributed by atoms with E-state index in [1.165, 1.54) is 129 Å². The van der Waals surface area contributed by atoms with E-state index >= 15 is 0 Å². The van der Waals surface area contributed by atoms with Crippen LogP contribution in [0.25, 0.3) is 12.2 Å². The number of hydrogen-bond acceptors (Lipinski definition) is 11. The van der Waals surface area contributed by atoms with E-state index in [9.17, 15) is 9.59 Å². The molecule has 12 nitrogen and oxygen atoms in total. The average Bonchev–Trinajstić information content (AvgIpc) is 1.96. The first-order valence-electron chi connectivity index (χ1n) is 31.2. The van der Waals surface area contributed by atoms with E-state index in [2.05, 4.69) is 104 Å². The largest absolute Gasteiger partial charge is 0.496 e. The third-order valence-corrected chi connectivity index (χ3v) is 18.1. The van der Waals surface area contributed by atoms with Crippen molar-refractivity contribution >= 4 is 82.7 Å². The number of nitrogens with one attached hydrogen (secondary N) is 1. The topological polar surface area (TPSA) is 163 Å². The Balaban J connectivity index is 0.000000277. The number of allylic oxidation sites excluding steroid dienone is 4. The molecule has 1 amide bonds. The Bertz CT molecular complexity index is 2650. The highest BCUT2D eigenvalue weighted by Crippen LogP contribution is 2.38. The summed E-state index contributed by atoms with van der Waals surface area (Å²) in [6.45, 7) is 23.0. The second-order valence-corrected chi connectivity index (χ2v) is 26.2. The van der Waals surface area contributed by atoms with Crippen molar-refractivity contribution in [3.63, 3.8) is 0 Å². The molecule has 2 heterocycles. The van der Waals surface area contributed by atoms with Gasteiger partial charge in [0.1, 0.15) is 17.2 Å². The zero-order chi connectivity index (χ0) is 64.5. The number of halogens is 2. The van der Waals surface area contributed by atoms with Crippen LogP contribution in [0.2, 0.25) is 0 Å². The van der Waals surface area contributed by atoms with Gasteiger partial charge in [-0.05, 0) is 205 Å². The van der Waals surface area contributed by atoms with E-state index in [1.54, 1.807) is 33.5 Å². The fourth-order valence-electron chi connectivity index (χ4n) is 10.5. The molecule has 1 radical (unpaired) electrons. The maximum Gasteiger partial charge on any atom is 0.488 e. The van der Waals surface area contributed by atoms with Crippen molar-refractivity contribution in [2.45, 2.75) is 206 Å². The lowest BCUT2D eigenvalue weighted by atomic mass is 9.88. The fraction of sp³-hybridized carbons (Fsp3) is 0.549. The molecule has 477 valence electrons. The third kappa shape index (κ3) is 28.4. The van der Waals surface area contributed by atoms with Crippen LogP contribution in [0.1, 0.15) is 195 Å². The number of nitrogen functional groups attached to an aromatic ring is 2. The number of anilines is 3. The number of benzene rings is 3. The van der Waals surface area contributed by atoms with Gasteiger partial charge in [-0.15, -0.1) is 12.3 Å². The maximum atomic E-state index is 11.4. The molecule has 6 aliphatic rings. The molecular weight excluding hydrogens is 1180 g/mol. The number of nitrogens with two attached hydrogens (primary N) is 2. The number of carbonyl (C=O) groups excluding carboxylic acids is 2. The van der Waals surface area contributed by atoms with Crippen molar-refractivity contribution in [1.82, 2.24) is 0 Å². The molecule has 0 spiro atoms. The Labute approximate surface area is 539 Å². The summed E-state index contributed by atoms with van der Waals surface area (Å²) in [6.07, 6.45) is 45.1. The van der Waals surface area contributed by atoms with Crippen LogP contribution in [0.3, 0.4) is 0 Å². The van der Waals surface area contributed by atoms with Crippen molar-refractivity contribution in [3.8, 4) is 29.6 Å². The summed E-state index contributed by atoms with van der Waals surface area (Å²) < 4.78 is 38.8. The summed E-state index contributed by atoms with van der Waals surface area (Å²) in [5, 5.41) is 2.26. The number of terminal acetylenes is 1. The van der Waals surface area contributed by atoms with Crippen LogP contribution < -0.4 is 31.0 Å². The molecular formula is C71H104B2BrClN3O9. The number of amides is 1. The van der Waals surface area contributed by atoms with Crippen LogP contribution in [-0.4, -0.2) is 69.7 Å². The number of methoxy groups -OCH3 is 3. The first kappa shape index (κ1) is 76.0. The summed E-state index contributed by atoms with van der Waals surface area (Å²) in [5.41, 5.74) is 14.8. The molecule has 3 aromatic carbocycles. The molecule has 16 heteroatoms. The highest BCUT2D eigenvalue weighted by atomic mass is 79.9. The van der Waals surface area contributed by atoms with Crippen molar-refractivity contribution < 1.29 is 42.4 Å². The number of ether oxygens (including phenoxy) is 3. The number of rotatable bonds is 16. The summed E-state index contributed by atoms with van der Waals surface area (Å²) in [7, 11) is 6.23. The van der Waals surface area contributed by atoms with Crippen LogP contribution in [0.4, 0.5) is 17.1 Å². The Kier molecular flexibility index (Phi) is 34.7. The van der Waals surface area contributed by atoms with Gasteiger partial charge < -0.3 is 49.6 Å². The van der Waals surface area contributed by atoms with E-state index in [4.69, 9.17) is 62.3 Å². The van der Waals surface area contributed by atoms with Crippen molar-refractivity contribution in [2.75, 3.05) is 38.1 Å². The smallest absolute Gasteiger partial charge is 0.488 e. The fourth-order valence-corrected chi connectivity index (χ4v) is 11.1. The van der Waals surface area contributed by atoms with Crippen molar-refractivity contribution in [2.24, 2.45) is 23.7 Å². The lowest BCUT2D eigenvalue weighted by Gasteiger charge is -2.32. The molecule has 0 unspecified atom stereocenters. The van der Waals surface area contributed by atoms with Crippen LogP contribution >= 0.6 is 27.5 Å². The predicted molar refractivity (Wildman–Crippen MR) is 370 cm³/mol. The van der Waals surface area contributed by atoms with E-state index in [0.717, 1.165) is 92.5 Å². The Morgan fingerprint density at radius 3 is 1.40 bits per heavy atom. The highest BCUT2D eigenvalue weighted by molar-refractivity contribution is 9.10. The zero-order valence-electron chi connectivity index (χ0n) is 54.5. The normalized spacial score (nSPS) is 19.0. The molecule has 6 fully saturated rings. The van der Waals surface area contributed by atoms with Crippen LogP contribution in [0.15, 0.2) is 109 Å². The molecule has 0 atom stereocenters. The lowest BCUT2D eigenvalue weighted by Crippen LogP contribution is -2.41. The van der Waals surface area contributed by atoms with E-state index in [-0.39, 0.29) is 35.4 Å². The molecule has 87 heavy (non-hydrogen) atoms. The van der Waals surface area contributed by atoms with Gasteiger partial charge in [-0.2, -0.15) is 0 Å². The van der Waals surface area contributed by atoms with Gasteiger partial charge in [0.05, 0.1) is 48.2 Å². The van der Waals surface area contributed by atoms with Gasteiger partial charge in [0.15, 0.2) is 0 Å². The maximum absolute atomic E-state index is 11.4. The molecule has 4 aliphatic carbocycles. The zero-order valence-corrected chi connectivity index (χ0v) is 56.8. The number of carbonyl (C=O) groups is 2. The highest BCUT2D eigenvalue weighted by Gasteiger charge is 2.50. The molecule has 9 rings (SSSR count). The van der Waals surface area contributed by atoms with Gasteiger partial charge in [0, 0.05) is 34.6 Å². The predicted octanol–water partition coefficient (Wildman–Crippen LogP) is 18.3. The molecule has 3 aromatic rings. The first-order chi connectivity index (χ1) is 41.3. The van der Waals surface area contributed by atoms with E-state index in [0.29, 0.717) is 0 Å². The minimum atomic E-state index is -0.509. The SMILES string of the molecule is C#CCC1CCCC1.C=CC(=O)Cl.C=CC(=O)Nc1ccc(OC)c(/C=C/CC2CCCC2)c1.CC1(C)OB(/C=C/CC2CCCC2)OC1(C)C.CC1(C)O[B]OC1(C)C.COc1ccc(N)cc1/C=C/CC1CCCC1.COc1ccc(N)cc1Br. The number of hydrogen-bond donors (Lipinski definition) is 3. The molecule has 2 saturated heterocycles. The van der Waals surface area contributed by atoms with Crippen LogP contribution in [0.5, 0.6) is 17.2 Å². The average molecular weight is 1280 g/mol. The van der Waals surface area contributed by atoms with Gasteiger partial charge in [-0.25, -0.2) is 0 Å². The molecule has 0 aromatic heterocycles. The quantitative estimate of drug-likeness (QED) is 0.0411. The van der Waals surface area contributed by atoms with Gasteiger partial charge in [-0.3, -0.25) is 9.59 Å². The van der Waals surface area contributed by atoms with Gasteiger partial charge in [-0.1, -0.05) is 139 Å². The Morgan fingerprint density at radius 2 is 1.02 bits per heavy atom. The van der Waals surface area contributed by atoms with Crippen molar-refractivity contribution in [1.29, 1.82) is 0 Å².